The predicted octanol–water partition coefficient (Wildman–Crippen LogP) is 9.47. The van der Waals surface area contributed by atoms with E-state index in [1.807, 2.05) is 6.92 Å². The van der Waals surface area contributed by atoms with Crippen LogP contribution in [-0.2, 0) is 12.8 Å². The van der Waals surface area contributed by atoms with Gasteiger partial charge in [0.1, 0.15) is 0 Å². The van der Waals surface area contributed by atoms with E-state index in [0.29, 0.717) is 23.8 Å². The zero-order chi connectivity index (χ0) is 30.1. The van der Waals surface area contributed by atoms with Crippen LogP contribution in [0, 0.1) is 34.0 Å². The molecule has 1 saturated carbocycles. The molecule has 42 heavy (non-hydrogen) atoms. The van der Waals surface area contributed by atoms with Crippen molar-refractivity contribution in [1.29, 1.82) is 0 Å². The fourth-order valence-corrected chi connectivity index (χ4v) is 11.3. The van der Waals surface area contributed by atoms with Crippen LogP contribution in [-0.4, -0.2) is 25.0 Å². The minimum atomic E-state index is -0.0791. The summed E-state index contributed by atoms with van der Waals surface area (Å²) in [6.07, 6.45) is 5.90. The highest BCUT2D eigenvalue weighted by molar-refractivity contribution is 5.91. The number of anilines is 1. The molecule has 0 aromatic heterocycles. The van der Waals surface area contributed by atoms with Gasteiger partial charge in [-0.05, 0) is 121 Å². The van der Waals surface area contributed by atoms with E-state index >= 15 is 0 Å². The van der Waals surface area contributed by atoms with Gasteiger partial charge in [0.15, 0.2) is 0 Å². The van der Waals surface area contributed by atoms with Gasteiger partial charge in [0.2, 0.25) is 0 Å². The SMILES string of the molecule is C=C(C)Nc1ccc(-c2ccc3c4c2CC2(C)C[C@@]5(C)C(N(C)C)C(C)C6C(=C)[C@@]5(C)C(=C2C4=C)[C@H](C=C6C)C3)cc1. The van der Waals surface area contributed by atoms with Gasteiger partial charge in [0.05, 0.1) is 0 Å². The Morgan fingerprint density at radius 3 is 2.36 bits per heavy atom. The average Bonchev–Trinajstić information content (AvgIpc) is 3.04. The molecule has 7 atom stereocenters. The molecule has 2 aromatic carbocycles. The highest BCUT2D eigenvalue weighted by Crippen LogP contribution is 2.74. The smallest absolute Gasteiger partial charge is 0.0381 e. The number of rotatable bonds is 4. The lowest BCUT2D eigenvalue weighted by molar-refractivity contribution is -0.0767. The topological polar surface area (TPSA) is 15.3 Å². The van der Waals surface area contributed by atoms with Crippen LogP contribution in [0.5, 0.6) is 0 Å². The number of fused-ring (bicyclic) bond motifs is 1. The maximum atomic E-state index is 4.99. The van der Waals surface area contributed by atoms with Crippen LogP contribution in [0.4, 0.5) is 5.69 Å². The van der Waals surface area contributed by atoms with E-state index < -0.39 is 0 Å². The first-order valence-electron chi connectivity index (χ1n) is 15.9. The molecule has 0 radical (unpaired) electrons. The Morgan fingerprint density at radius 1 is 1.02 bits per heavy atom. The molecule has 0 saturated heterocycles. The van der Waals surface area contributed by atoms with Crippen LogP contribution in [0.2, 0.25) is 0 Å². The molecule has 4 bridgehead atoms. The Hall–Kier alpha value is -3.10. The van der Waals surface area contributed by atoms with Crippen molar-refractivity contribution in [2.45, 2.75) is 66.8 Å². The number of hydrogen-bond donors (Lipinski definition) is 1. The molecule has 0 aliphatic heterocycles. The van der Waals surface area contributed by atoms with Gasteiger partial charge < -0.3 is 10.2 Å². The number of nitrogens with zero attached hydrogens (tertiary/aromatic N) is 1. The Morgan fingerprint density at radius 2 is 1.71 bits per heavy atom. The van der Waals surface area contributed by atoms with Gasteiger partial charge in [-0.3, -0.25) is 0 Å². The van der Waals surface area contributed by atoms with Gasteiger partial charge in [0, 0.05) is 34.7 Å². The van der Waals surface area contributed by atoms with Gasteiger partial charge in [-0.15, -0.1) is 0 Å². The summed E-state index contributed by atoms with van der Waals surface area (Å²) in [6, 6.07) is 14.2. The monoisotopic (exact) mass is 556 g/mol. The largest absolute Gasteiger partial charge is 0.360 e. The lowest BCUT2D eigenvalue weighted by Gasteiger charge is -2.68. The quantitative estimate of drug-likeness (QED) is 0.377. The van der Waals surface area contributed by atoms with E-state index in [1.165, 1.54) is 44.5 Å². The standard InChI is InChI=1S/C40H48N2/c1-22(2)41-30-15-12-27(13-16-30)31-17-14-28-19-29-18-23(3)33-25(5)37(42(10)11)39(8)21-38(7)20-32(31)34(28)24(4)35(38)36(29)40(39,9)26(33)6/h12-18,25,29,33,37,41H,1,4,6,19-21H2,2-3,5,7-11H3/t25?,29-,33?,37?,38?,39+,40+/m1/s1. The second kappa shape index (κ2) is 8.73. The third-order valence-corrected chi connectivity index (χ3v) is 12.5. The van der Waals surface area contributed by atoms with Gasteiger partial charge >= 0.3 is 0 Å². The zero-order valence-electron chi connectivity index (χ0n) is 27.0. The summed E-state index contributed by atoms with van der Waals surface area (Å²) in [5.41, 5.74) is 16.5. The Balaban J connectivity index is 1.51. The minimum Gasteiger partial charge on any atom is -0.360 e. The fourth-order valence-electron chi connectivity index (χ4n) is 11.3. The minimum absolute atomic E-state index is 0.0122. The summed E-state index contributed by atoms with van der Waals surface area (Å²) in [5, 5.41) is 3.36. The molecular weight excluding hydrogens is 508 g/mol. The Bertz CT molecular complexity index is 1650. The summed E-state index contributed by atoms with van der Waals surface area (Å²) in [7, 11) is 4.63. The third kappa shape index (κ3) is 3.31. The highest BCUT2D eigenvalue weighted by Gasteiger charge is 2.68. The second-order valence-corrected chi connectivity index (χ2v) is 15.3. The molecule has 5 aliphatic rings. The number of hydrogen-bond acceptors (Lipinski definition) is 2. The summed E-state index contributed by atoms with van der Waals surface area (Å²) >= 11 is 0. The van der Waals surface area contributed by atoms with Crippen molar-refractivity contribution in [2.75, 3.05) is 19.4 Å². The van der Waals surface area contributed by atoms with E-state index in [0.717, 1.165) is 30.6 Å². The second-order valence-electron chi connectivity index (χ2n) is 15.3. The van der Waals surface area contributed by atoms with Crippen LogP contribution in [0.1, 0.15) is 64.7 Å². The lowest BCUT2D eigenvalue weighted by atomic mass is 9.38. The first kappa shape index (κ1) is 27.7. The van der Waals surface area contributed by atoms with Crippen LogP contribution in [0.25, 0.3) is 16.7 Å². The first-order chi connectivity index (χ1) is 19.7. The van der Waals surface area contributed by atoms with Crippen molar-refractivity contribution < 1.29 is 0 Å². The van der Waals surface area contributed by atoms with Crippen molar-refractivity contribution in [3.05, 3.63) is 107 Å². The van der Waals surface area contributed by atoms with Gasteiger partial charge in [0.25, 0.3) is 0 Å². The fraction of sp³-hybridized carbons (Fsp3) is 0.450. The number of benzene rings is 2. The first-order valence-corrected chi connectivity index (χ1v) is 15.9. The average molecular weight is 557 g/mol. The molecule has 0 heterocycles. The number of allylic oxidation sites excluding steroid dienone is 7. The molecule has 2 nitrogen and oxygen atoms in total. The van der Waals surface area contributed by atoms with Gasteiger partial charge in [-0.1, -0.05) is 88.9 Å². The molecule has 4 unspecified atom stereocenters. The van der Waals surface area contributed by atoms with E-state index in [1.54, 1.807) is 11.1 Å². The van der Waals surface area contributed by atoms with E-state index in [-0.39, 0.29) is 16.2 Å². The van der Waals surface area contributed by atoms with Crippen molar-refractivity contribution in [2.24, 2.45) is 34.0 Å². The normalized spacial score (nSPS) is 36.1. The molecular formula is C40H48N2. The van der Waals surface area contributed by atoms with E-state index in [9.17, 15) is 0 Å². The van der Waals surface area contributed by atoms with Gasteiger partial charge in [-0.2, -0.15) is 0 Å². The molecule has 1 fully saturated rings. The molecule has 5 aliphatic carbocycles. The molecule has 0 amide bonds. The number of nitrogens with one attached hydrogen (secondary N) is 1. The molecule has 1 N–H and O–H groups in total. The molecule has 0 spiro atoms. The molecule has 2 aromatic rings. The molecule has 2 heteroatoms. The predicted molar refractivity (Wildman–Crippen MR) is 179 cm³/mol. The van der Waals surface area contributed by atoms with Crippen molar-refractivity contribution in [1.82, 2.24) is 4.90 Å². The molecule has 7 rings (SSSR count). The molecule has 218 valence electrons. The Kier molecular flexibility index (Phi) is 5.76. The summed E-state index contributed by atoms with van der Waals surface area (Å²) < 4.78 is 0. The van der Waals surface area contributed by atoms with E-state index in [4.69, 9.17) is 13.2 Å². The maximum absolute atomic E-state index is 4.99. The summed E-state index contributed by atoms with van der Waals surface area (Å²) in [4.78, 5) is 2.55. The highest BCUT2D eigenvalue weighted by atomic mass is 15.1. The van der Waals surface area contributed by atoms with Crippen molar-refractivity contribution >= 4 is 11.3 Å². The van der Waals surface area contributed by atoms with Gasteiger partial charge in [-0.25, -0.2) is 0 Å². The van der Waals surface area contributed by atoms with Crippen molar-refractivity contribution in [3.8, 4) is 11.1 Å². The Labute approximate surface area is 254 Å². The van der Waals surface area contributed by atoms with Crippen LogP contribution in [0.3, 0.4) is 0 Å². The summed E-state index contributed by atoms with van der Waals surface area (Å²) in [5.74, 6) is 1.30. The van der Waals surface area contributed by atoms with Crippen LogP contribution >= 0.6 is 0 Å². The lowest BCUT2D eigenvalue weighted by Crippen LogP contribution is -2.65. The van der Waals surface area contributed by atoms with E-state index in [2.05, 4.69) is 108 Å². The zero-order valence-corrected chi connectivity index (χ0v) is 27.0. The van der Waals surface area contributed by atoms with Crippen LogP contribution in [0.15, 0.2) is 90.2 Å². The van der Waals surface area contributed by atoms with Crippen LogP contribution < -0.4 is 5.32 Å². The maximum Gasteiger partial charge on any atom is 0.0381 e. The van der Waals surface area contributed by atoms with Crippen molar-refractivity contribution in [3.63, 3.8) is 0 Å². The third-order valence-electron chi connectivity index (χ3n) is 12.5. The summed E-state index contributed by atoms with van der Waals surface area (Å²) in [6.45, 7) is 28.6.